The Morgan fingerprint density at radius 2 is 1.75 bits per heavy atom. The number of ether oxygens (including phenoxy) is 2. The van der Waals surface area contributed by atoms with Crippen molar-refractivity contribution in [3.05, 3.63) is 65.7 Å². The highest BCUT2D eigenvalue weighted by atomic mass is 16.5. The lowest BCUT2D eigenvalue weighted by Crippen LogP contribution is -2.26. The zero-order valence-electron chi connectivity index (χ0n) is 13.4. The van der Waals surface area contributed by atoms with E-state index in [4.69, 9.17) is 9.47 Å². The number of methoxy groups -OCH3 is 1. The molecule has 0 unspecified atom stereocenters. The smallest absolute Gasteiger partial charge is 0.308 e. The van der Waals surface area contributed by atoms with Gasteiger partial charge in [0, 0.05) is 19.6 Å². The van der Waals surface area contributed by atoms with Gasteiger partial charge in [-0.15, -0.1) is 0 Å². The first kappa shape index (κ1) is 17.4. The van der Waals surface area contributed by atoms with Crippen LogP contribution in [0.3, 0.4) is 0 Å². The first-order valence-electron chi connectivity index (χ1n) is 7.30. The fourth-order valence-electron chi connectivity index (χ4n) is 2.08. The van der Waals surface area contributed by atoms with Gasteiger partial charge in [0.1, 0.15) is 5.75 Å². The Morgan fingerprint density at radius 1 is 1.08 bits per heavy atom. The van der Waals surface area contributed by atoms with Crippen molar-refractivity contribution < 1.29 is 19.1 Å². The lowest BCUT2D eigenvalue weighted by Gasteiger charge is -2.13. The molecule has 2 aromatic carbocycles. The number of nitrogens with zero attached hydrogens (tertiary/aromatic N) is 1. The molecule has 0 radical (unpaired) electrons. The summed E-state index contributed by atoms with van der Waals surface area (Å²) in [7, 11) is 1.46. The monoisotopic (exact) mass is 326 g/mol. The number of benzene rings is 2. The molecular formula is C18H18N2O4. The summed E-state index contributed by atoms with van der Waals surface area (Å²) in [5.74, 6) is -0.456. The quantitative estimate of drug-likeness (QED) is 0.383. The minimum absolute atomic E-state index is 0.370. The van der Waals surface area contributed by atoms with Gasteiger partial charge in [0.2, 0.25) is 0 Å². The van der Waals surface area contributed by atoms with E-state index in [-0.39, 0.29) is 0 Å². The maximum absolute atomic E-state index is 12.2. The van der Waals surface area contributed by atoms with E-state index in [1.165, 1.54) is 20.2 Å². The van der Waals surface area contributed by atoms with Crippen LogP contribution in [-0.2, 0) is 14.3 Å². The summed E-state index contributed by atoms with van der Waals surface area (Å²) >= 11 is 0. The Balaban J connectivity index is 2.06. The lowest BCUT2D eigenvalue weighted by atomic mass is 10.1. The van der Waals surface area contributed by atoms with Crippen LogP contribution in [0.2, 0.25) is 0 Å². The van der Waals surface area contributed by atoms with Crippen molar-refractivity contribution in [3.63, 3.8) is 0 Å². The Kier molecular flexibility index (Phi) is 6.22. The minimum atomic E-state index is -0.757. The molecule has 0 saturated carbocycles. The molecule has 0 aliphatic heterocycles. The van der Waals surface area contributed by atoms with E-state index in [0.29, 0.717) is 11.3 Å². The molecule has 6 heteroatoms. The fourth-order valence-corrected chi connectivity index (χ4v) is 2.08. The van der Waals surface area contributed by atoms with Gasteiger partial charge in [0.05, 0.1) is 6.21 Å². The van der Waals surface area contributed by atoms with E-state index < -0.39 is 18.0 Å². The summed E-state index contributed by atoms with van der Waals surface area (Å²) in [4.78, 5) is 23.3. The van der Waals surface area contributed by atoms with Gasteiger partial charge >= 0.3 is 5.97 Å². The largest absolute Gasteiger partial charge is 0.426 e. The lowest BCUT2D eigenvalue weighted by molar-refractivity contribution is -0.132. The zero-order valence-corrected chi connectivity index (χ0v) is 13.4. The van der Waals surface area contributed by atoms with Gasteiger partial charge in [-0.2, -0.15) is 5.10 Å². The van der Waals surface area contributed by atoms with Crippen molar-refractivity contribution in [2.75, 3.05) is 7.11 Å². The highest BCUT2D eigenvalue weighted by Gasteiger charge is 2.19. The van der Waals surface area contributed by atoms with E-state index in [0.717, 1.165) is 5.56 Å². The standard InChI is InChI=1S/C18H18N2O4/c1-13(21)24-16-11-7-6-10-15(16)12-19-20-18(22)17(23-2)14-8-4-3-5-9-14/h3-12,17H,1-2H3,(H,20,22)/b19-12-/t17-/m1/s1. The van der Waals surface area contributed by atoms with Crippen molar-refractivity contribution in [1.29, 1.82) is 0 Å². The molecule has 1 N–H and O–H groups in total. The molecule has 24 heavy (non-hydrogen) atoms. The molecule has 0 aliphatic rings. The van der Waals surface area contributed by atoms with Crippen LogP contribution in [0.25, 0.3) is 0 Å². The number of hydrogen-bond acceptors (Lipinski definition) is 5. The summed E-state index contributed by atoms with van der Waals surface area (Å²) in [5, 5.41) is 3.91. The molecule has 0 aliphatic carbocycles. The summed E-state index contributed by atoms with van der Waals surface area (Å²) in [6.45, 7) is 1.32. The van der Waals surface area contributed by atoms with E-state index in [9.17, 15) is 9.59 Å². The van der Waals surface area contributed by atoms with E-state index >= 15 is 0 Å². The van der Waals surface area contributed by atoms with Crippen LogP contribution >= 0.6 is 0 Å². The molecule has 0 heterocycles. The maximum Gasteiger partial charge on any atom is 0.308 e. The molecule has 0 bridgehead atoms. The van der Waals surface area contributed by atoms with Gasteiger partial charge in [-0.1, -0.05) is 42.5 Å². The number of hydrogen-bond donors (Lipinski definition) is 1. The Labute approximate surface area is 140 Å². The second kappa shape index (κ2) is 8.59. The average molecular weight is 326 g/mol. The number of rotatable bonds is 6. The number of nitrogens with one attached hydrogen (secondary N) is 1. The number of esters is 1. The molecule has 0 saturated heterocycles. The Hall–Kier alpha value is -2.99. The molecule has 1 amide bonds. The normalized spacial score (nSPS) is 11.9. The summed E-state index contributed by atoms with van der Waals surface area (Å²) in [6, 6.07) is 16.0. The van der Waals surface area contributed by atoms with Crippen LogP contribution in [0, 0.1) is 0 Å². The fraction of sp³-hybridized carbons (Fsp3) is 0.167. The van der Waals surface area contributed by atoms with Gasteiger partial charge in [-0.25, -0.2) is 5.43 Å². The zero-order chi connectivity index (χ0) is 17.4. The van der Waals surface area contributed by atoms with Crippen LogP contribution in [0.1, 0.15) is 24.2 Å². The average Bonchev–Trinajstić information content (AvgIpc) is 2.57. The third-order valence-electron chi connectivity index (χ3n) is 3.13. The van der Waals surface area contributed by atoms with Crippen molar-refractivity contribution in [1.82, 2.24) is 5.43 Å². The van der Waals surface area contributed by atoms with Crippen LogP contribution in [0.5, 0.6) is 5.75 Å². The SMILES string of the molecule is CO[C@@H](C(=O)N/N=C\c1ccccc1OC(C)=O)c1ccccc1. The highest BCUT2D eigenvalue weighted by Crippen LogP contribution is 2.17. The van der Waals surface area contributed by atoms with Gasteiger partial charge in [0.15, 0.2) is 6.10 Å². The van der Waals surface area contributed by atoms with Gasteiger partial charge in [0.25, 0.3) is 5.91 Å². The molecule has 1 atom stereocenters. The van der Waals surface area contributed by atoms with E-state index in [1.54, 1.807) is 36.4 Å². The molecule has 0 fully saturated rings. The summed E-state index contributed by atoms with van der Waals surface area (Å²) in [6.07, 6.45) is 0.653. The van der Waals surface area contributed by atoms with Crippen molar-refractivity contribution >= 4 is 18.1 Å². The molecule has 0 aromatic heterocycles. The maximum atomic E-state index is 12.2. The number of carbonyl (C=O) groups excluding carboxylic acids is 2. The van der Waals surface area contributed by atoms with Crippen molar-refractivity contribution in [2.45, 2.75) is 13.0 Å². The van der Waals surface area contributed by atoms with Crippen LogP contribution in [0.15, 0.2) is 59.7 Å². The van der Waals surface area contributed by atoms with Crippen molar-refractivity contribution in [2.24, 2.45) is 5.10 Å². The third kappa shape index (κ3) is 4.76. The number of amides is 1. The van der Waals surface area contributed by atoms with Gasteiger partial charge in [-0.3, -0.25) is 9.59 Å². The second-order valence-corrected chi connectivity index (χ2v) is 4.89. The van der Waals surface area contributed by atoms with Crippen LogP contribution < -0.4 is 10.2 Å². The van der Waals surface area contributed by atoms with Gasteiger partial charge < -0.3 is 9.47 Å². The number of carbonyl (C=O) groups is 2. The Morgan fingerprint density at radius 3 is 2.42 bits per heavy atom. The third-order valence-corrected chi connectivity index (χ3v) is 3.13. The number of hydrazone groups is 1. The molecular weight excluding hydrogens is 308 g/mol. The summed E-state index contributed by atoms with van der Waals surface area (Å²) in [5.41, 5.74) is 3.73. The predicted molar refractivity (Wildman–Crippen MR) is 89.7 cm³/mol. The number of para-hydroxylation sites is 1. The molecule has 0 spiro atoms. The summed E-state index contributed by atoms with van der Waals surface area (Å²) < 4.78 is 10.3. The van der Waals surface area contributed by atoms with Crippen LogP contribution in [0.4, 0.5) is 0 Å². The predicted octanol–water partition coefficient (Wildman–Crippen LogP) is 2.45. The van der Waals surface area contributed by atoms with E-state index in [2.05, 4.69) is 10.5 Å². The molecule has 2 rings (SSSR count). The van der Waals surface area contributed by atoms with E-state index in [1.807, 2.05) is 18.2 Å². The topological polar surface area (TPSA) is 77.0 Å². The highest BCUT2D eigenvalue weighted by molar-refractivity contribution is 5.87. The molecule has 2 aromatic rings. The molecule has 124 valence electrons. The first-order valence-corrected chi connectivity index (χ1v) is 7.30. The minimum Gasteiger partial charge on any atom is -0.426 e. The van der Waals surface area contributed by atoms with Gasteiger partial charge in [-0.05, 0) is 17.7 Å². The second-order valence-electron chi connectivity index (χ2n) is 4.89. The Bertz CT molecular complexity index is 729. The first-order chi connectivity index (χ1) is 11.6. The van der Waals surface area contributed by atoms with Crippen molar-refractivity contribution in [3.8, 4) is 5.75 Å². The molecule has 6 nitrogen and oxygen atoms in total. The van der Waals surface area contributed by atoms with Crippen LogP contribution in [-0.4, -0.2) is 25.2 Å².